The Morgan fingerprint density at radius 1 is 1.04 bits per heavy atom. The van der Waals surface area contributed by atoms with Crippen molar-refractivity contribution < 1.29 is 4.57 Å². The quantitative estimate of drug-likeness (QED) is 0.393. The highest BCUT2D eigenvalue weighted by atomic mass is 15.1. The minimum Gasteiger partial charge on any atom is -0.358 e. The number of H-pyrrole nitrogens is 1. The number of benzene rings is 2. The maximum absolute atomic E-state index is 4.52. The molecule has 25 heavy (non-hydrogen) atoms. The SMILES string of the molecule is Cn1ccnc1-c1cccc2c1[nH]c1c(-n3[c-][n+](C)cc3)cccc12. The van der Waals surface area contributed by atoms with Gasteiger partial charge in [0.25, 0.3) is 0 Å². The lowest BCUT2D eigenvalue weighted by atomic mass is 10.1. The van der Waals surface area contributed by atoms with Gasteiger partial charge < -0.3 is 18.7 Å². The zero-order valence-corrected chi connectivity index (χ0v) is 14.1. The first-order chi connectivity index (χ1) is 12.2. The molecule has 3 heterocycles. The van der Waals surface area contributed by atoms with Crippen LogP contribution in [0.2, 0.25) is 0 Å². The van der Waals surface area contributed by atoms with Crippen molar-refractivity contribution in [1.82, 2.24) is 19.1 Å². The summed E-state index contributed by atoms with van der Waals surface area (Å²) in [5.41, 5.74) is 4.40. The highest BCUT2D eigenvalue weighted by Gasteiger charge is 2.14. The number of fused-ring (bicyclic) bond motifs is 3. The van der Waals surface area contributed by atoms with Gasteiger partial charge in [0.2, 0.25) is 6.33 Å². The molecule has 0 aliphatic rings. The molecule has 0 aliphatic carbocycles. The Labute approximate surface area is 144 Å². The van der Waals surface area contributed by atoms with E-state index in [1.165, 1.54) is 10.8 Å². The van der Waals surface area contributed by atoms with Crippen molar-refractivity contribution in [1.29, 1.82) is 0 Å². The number of imidazole rings is 2. The molecule has 0 amide bonds. The van der Waals surface area contributed by atoms with Crippen LogP contribution in [0.3, 0.4) is 0 Å². The van der Waals surface area contributed by atoms with Crippen molar-refractivity contribution >= 4 is 21.8 Å². The van der Waals surface area contributed by atoms with Crippen molar-refractivity contribution in [2.75, 3.05) is 0 Å². The second kappa shape index (κ2) is 5.08. The highest BCUT2D eigenvalue weighted by molar-refractivity contribution is 6.13. The Balaban J connectivity index is 1.86. The number of nitrogens with one attached hydrogen (secondary N) is 1. The Hall–Kier alpha value is -3.34. The van der Waals surface area contributed by atoms with Gasteiger partial charge in [0.1, 0.15) is 5.82 Å². The molecule has 2 aromatic carbocycles. The molecule has 0 saturated heterocycles. The monoisotopic (exact) mass is 327 g/mol. The van der Waals surface area contributed by atoms with E-state index in [2.05, 4.69) is 52.7 Å². The zero-order chi connectivity index (χ0) is 17.0. The summed E-state index contributed by atoms with van der Waals surface area (Å²) in [5.74, 6) is 0.956. The Bertz CT molecular complexity index is 1220. The fourth-order valence-corrected chi connectivity index (χ4v) is 3.48. The fourth-order valence-electron chi connectivity index (χ4n) is 3.48. The number of nitrogens with zero attached hydrogens (tertiary/aromatic N) is 4. The molecule has 3 aromatic heterocycles. The van der Waals surface area contributed by atoms with Crippen molar-refractivity contribution in [3.8, 4) is 17.1 Å². The molecule has 0 spiro atoms. The molecule has 0 saturated carbocycles. The van der Waals surface area contributed by atoms with Gasteiger partial charge in [-0.15, -0.1) is 0 Å². The smallest absolute Gasteiger partial charge is 0.243 e. The maximum Gasteiger partial charge on any atom is 0.243 e. The zero-order valence-electron chi connectivity index (χ0n) is 14.1. The first kappa shape index (κ1) is 14.0. The lowest BCUT2D eigenvalue weighted by molar-refractivity contribution is -0.674. The molecule has 122 valence electrons. The molecule has 5 nitrogen and oxygen atoms in total. The van der Waals surface area contributed by atoms with Crippen molar-refractivity contribution in [3.05, 3.63) is 67.5 Å². The van der Waals surface area contributed by atoms with Gasteiger partial charge in [-0.3, -0.25) is 0 Å². The molecule has 0 aliphatic heterocycles. The Kier molecular flexibility index (Phi) is 2.85. The van der Waals surface area contributed by atoms with Crippen molar-refractivity contribution in [2.45, 2.75) is 0 Å². The van der Waals surface area contributed by atoms with Gasteiger partial charge in [-0.1, -0.05) is 30.3 Å². The van der Waals surface area contributed by atoms with Crippen LogP contribution in [0.4, 0.5) is 0 Å². The number of rotatable bonds is 2. The van der Waals surface area contributed by atoms with Crippen LogP contribution < -0.4 is 4.57 Å². The molecule has 5 heteroatoms. The van der Waals surface area contributed by atoms with Gasteiger partial charge in [-0.05, 0) is 6.07 Å². The second-order valence-electron chi connectivity index (χ2n) is 6.29. The van der Waals surface area contributed by atoms with Crippen LogP contribution in [0, 0.1) is 6.33 Å². The third-order valence-corrected chi connectivity index (χ3v) is 4.67. The van der Waals surface area contributed by atoms with Crippen molar-refractivity contribution in [2.24, 2.45) is 14.1 Å². The molecule has 0 unspecified atom stereocenters. The summed E-state index contributed by atoms with van der Waals surface area (Å²) in [4.78, 5) is 8.15. The highest BCUT2D eigenvalue weighted by Crippen LogP contribution is 2.34. The van der Waals surface area contributed by atoms with E-state index < -0.39 is 0 Å². The van der Waals surface area contributed by atoms with E-state index in [1.54, 1.807) is 0 Å². The van der Waals surface area contributed by atoms with Crippen LogP contribution in [0.1, 0.15) is 0 Å². The number of aromatic nitrogens is 5. The first-order valence-corrected chi connectivity index (χ1v) is 8.20. The number of para-hydroxylation sites is 2. The number of hydrogen-bond donors (Lipinski definition) is 1. The van der Waals surface area contributed by atoms with E-state index in [9.17, 15) is 0 Å². The third-order valence-electron chi connectivity index (χ3n) is 4.67. The molecule has 1 N–H and O–H groups in total. The lowest BCUT2D eigenvalue weighted by Crippen LogP contribution is -2.24. The van der Waals surface area contributed by atoms with E-state index in [0.29, 0.717) is 0 Å². The topological polar surface area (TPSA) is 42.4 Å². The predicted molar refractivity (Wildman–Crippen MR) is 97.3 cm³/mol. The third kappa shape index (κ3) is 2.02. The molecule has 0 fully saturated rings. The van der Waals surface area contributed by atoms with Crippen LogP contribution in [-0.4, -0.2) is 19.1 Å². The average Bonchev–Trinajstić information content (AvgIpc) is 3.32. The summed E-state index contributed by atoms with van der Waals surface area (Å²) in [6, 6.07) is 12.7. The van der Waals surface area contributed by atoms with Gasteiger partial charge in [0, 0.05) is 48.2 Å². The van der Waals surface area contributed by atoms with Crippen LogP contribution in [0.15, 0.2) is 61.2 Å². The van der Waals surface area contributed by atoms with E-state index in [-0.39, 0.29) is 0 Å². The van der Waals surface area contributed by atoms with Gasteiger partial charge in [-0.2, -0.15) is 0 Å². The minimum atomic E-state index is 0.956. The molecule has 5 rings (SSSR count). The Morgan fingerprint density at radius 2 is 1.84 bits per heavy atom. The molecular weight excluding hydrogens is 310 g/mol. The van der Waals surface area contributed by atoms with E-state index in [1.807, 2.05) is 52.6 Å². The number of aromatic amines is 1. The molecule has 0 bridgehead atoms. The van der Waals surface area contributed by atoms with Gasteiger partial charge in [0.05, 0.1) is 23.8 Å². The van der Waals surface area contributed by atoms with Gasteiger partial charge >= 0.3 is 0 Å². The number of hydrogen-bond acceptors (Lipinski definition) is 1. The summed E-state index contributed by atoms with van der Waals surface area (Å²) in [6.07, 6.45) is 11.1. The lowest BCUT2D eigenvalue weighted by Gasteiger charge is -2.04. The van der Waals surface area contributed by atoms with E-state index in [0.717, 1.165) is 28.1 Å². The van der Waals surface area contributed by atoms with Gasteiger partial charge in [-0.25, -0.2) is 4.98 Å². The first-order valence-electron chi connectivity index (χ1n) is 8.20. The Morgan fingerprint density at radius 3 is 2.56 bits per heavy atom. The predicted octanol–water partition coefficient (Wildman–Crippen LogP) is 3.14. The van der Waals surface area contributed by atoms with E-state index in [4.69, 9.17) is 0 Å². The fraction of sp³-hybridized carbons (Fsp3) is 0.100. The summed E-state index contributed by atoms with van der Waals surface area (Å²) < 4.78 is 5.97. The van der Waals surface area contributed by atoms with Gasteiger partial charge in [0.15, 0.2) is 0 Å². The van der Waals surface area contributed by atoms with Crippen LogP contribution in [0.5, 0.6) is 0 Å². The summed E-state index contributed by atoms with van der Waals surface area (Å²) >= 11 is 0. The summed E-state index contributed by atoms with van der Waals surface area (Å²) in [5, 5.41) is 2.40. The van der Waals surface area contributed by atoms with E-state index >= 15 is 0 Å². The summed E-state index contributed by atoms with van der Waals surface area (Å²) in [6.45, 7) is 0. The largest absolute Gasteiger partial charge is 0.358 e. The average molecular weight is 327 g/mol. The van der Waals surface area contributed by atoms with Crippen LogP contribution >= 0.6 is 0 Å². The number of aryl methyl sites for hydroxylation is 2. The standard InChI is InChI=1S/C20H17N5/c1-23-11-12-25(13-23)17-8-4-6-15-14-5-3-7-16(18(14)22-19(15)17)20-21-9-10-24(20)2/h3-12,22H,1-2H3. The molecule has 0 atom stereocenters. The molecular formula is C20H17N5. The van der Waals surface area contributed by atoms with Crippen LogP contribution in [0.25, 0.3) is 38.9 Å². The second-order valence-corrected chi connectivity index (χ2v) is 6.29. The maximum atomic E-state index is 4.52. The van der Waals surface area contributed by atoms with Crippen molar-refractivity contribution in [3.63, 3.8) is 0 Å². The molecule has 5 aromatic rings. The normalized spacial score (nSPS) is 11.6. The van der Waals surface area contributed by atoms with Crippen LogP contribution in [-0.2, 0) is 14.1 Å². The minimum absolute atomic E-state index is 0.956. The molecule has 0 radical (unpaired) electrons. The summed E-state index contributed by atoms with van der Waals surface area (Å²) in [7, 11) is 3.99.